The lowest BCUT2D eigenvalue weighted by atomic mass is 10.1. The van der Waals surface area contributed by atoms with Crippen LogP contribution in [0.2, 0.25) is 0 Å². The van der Waals surface area contributed by atoms with Crippen molar-refractivity contribution in [2.45, 2.75) is 32.2 Å². The van der Waals surface area contributed by atoms with Crippen molar-refractivity contribution in [1.29, 1.82) is 0 Å². The Morgan fingerprint density at radius 3 is 2.35 bits per heavy atom. The fourth-order valence-corrected chi connectivity index (χ4v) is 1.53. The number of halogens is 3. The number of aliphatic hydroxyl groups excluding tert-OH is 1. The van der Waals surface area contributed by atoms with Crippen LogP contribution in [0.15, 0.2) is 24.3 Å². The van der Waals surface area contributed by atoms with Gasteiger partial charge in [0, 0.05) is 13.1 Å². The van der Waals surface area contributed by atoms with Crippen molar-refractivity contribution >= 4 is 0 Å². The second kappa shape index (κ2) is 6.02. The van der Waals surface area contributed by atoms with Crippen LogP contribution in [0.3, 0.4) is 0 Å². The monoisotopic (exact) mass is 247 g/mol. The minimum absolute atomic E-state index is 0.331. The van der Waals surface area contributed by atoms with Gasteiger partial charge in [0.1, 0.15) is 0 Å². The quantitative estimate of drug-likeness (QED) is 0.836. The molecule has 1 rings (SSSR count). The SMILES string of the molecule is CCc1ccccc1CNCC(O)C(F)(F)F. The molecule has 0 aliphatic carbocycles. The lowest BCUT2D eigenvalue weighted by molar-refractivity contribution is -0.201. The predicted octanol–water partition coefficient (Wildman–Crippen LogP) is 2.26. The molecule has 0 amide bonds. The molecular formula is C12H16F3NO. The van der Waals surface area contributed by atoms with Gasteiger partial charge in [-0.25, -0.2) is 0 Å². The van der Waals surface area contributed by atoms with Gasteiger partial charge < -0.3 is 10.4 Å². The fourth-order valence-electron chi connectivity index (χ4n) is 1.53. The van der Waals surface area contributed by atoms with E-state index < -0.39 is 18.8 Å². The van der Waals surface area contributed by atoms with Gasteiger partial charge in [-0.1, -0.05) is 31.2 Å². The number of alkyl halides is 3. The molecule has 17 heavy (non-hydrogen) atoms. The number of nitrogens with one attached hydrogen (secondary N) is 1. The van der Waals surface area contributed by atoms with Crippen LogP contribution in [0.5, 0.6) is 0 Å². The molecule has 0 aliphatic heterocycles. The van der Waals surface area contributed by atoms with Gasteiger partial charge >= 0.3 is 6.18 Å². The van der Waals surface area contributed by atoms with Gasteiger partial charge in [-0.15, -0.1) is 0 Å². The Balaban J connectivity index is 2.46. The average molecular weight is 247 g/mol. The van der Waals surface area contributed by atoms with Crippen LogP contribution in [0.25, 0.3) is 0 Å². The van der Waals surface area contributed by atoms with Gasteiger partial charge in [0.15, 0.2) is 6.10 Å². The molecule has 1 unspecified atom stereocenters. The van der Waals surface area contributed by atoms with E-state index in [9.17, 15) is 13.2 Å². The third-order valence-corrected chi connectivity index (χ3v) is 2.53. The minimum Gasteiger partial charge on any atom is -0.382 e. The Morgan fingerprint density at radius 2 is 1.82 bits per heavy atom. The summed E-state index contributed by atoms with van der Waals surface area (Å²) in [5.41, 5.74) is 2.06. The Hall–Kier alpha value is -1.07. The largest absolute Gasteiger partial charge is 0.415 e. The maximum absolute atomic E-state index is 12.0. The second-order valence-electron chi connectivity index (χ2n) is 3.81. The van der Waals surface area contributed by atoms with Gasteiger partial charge in [0.05, 0.1) is 0 Å². The Bertz CT molecular complexity index is 352. The zero-order valence-electron chi connectivity index (χ0n) is 9.59. The van der Waals surface area contributed by atoms with E-state index in [1.165, 1.54) is 0 Å². The number of rotatable bonds is 5. The molecule has 0 radical (unpaired) electrons. The number of hydrogen-bond donors (Lipinski definition) is 2. The Kier molecular flexibility index (Phi) is 4.96. The first kappa shape index (κ1) is 14.0. The molecule has 0 bridgehead atoms. The molecule has 0 fully saturated rings. The molecule has 0 saturated carbocycles. The molecule has 0 aromatic heterocycles. The number of benzene rings is 1. The van der Waals surface area contributed by atoms with Crippen LogP contribution in [0, 0.1) is 0 Å². The van der Waals surface area contributed by atoms with Crippen molar-refractivity contribution in [3.8, 4) is 0 Å². The third-order valence-electron chi connectivity index (χ3n) is 2.53. The summed E-state index contributed by atoms with van der Waals surface area (Å²) in [6.07, 6.45) is -6.03. The standard InChI is InChI=1S/C12H16F3NO/c1-2-9-5-3-4-6-10(9)7-16-8-11(17)12(13,14)15/h3-6,11,16-17H,2,7-8H2,1H3. The van der Waals surface area contributed by atoms with Crippen LogP contribution >= 0.6 is 0 Å². The Labute approximate surface area is 98.5 Å². The molecule has 1 atom stereocenters. The van der Waals surface area contributed by atoms with E-state index in [2.05, 4.69) is 5.32 Å². The van der Waals surface area contributed by atoms with Crippen molar-refractivity contribution in [2.24, 2.45) is 0 Å². The van der Waals surface area contributed by atoms with Crippen LogP contribution in [-0.4, -0.2) is 23.9 Å². The van der Waals surface area contributed by atoms with Crippen LogP contribution in [-0.2, 0) is 13.0 Å². The smallest absolute Gasteiger partial charge is 0.382 e. The van der Waals surface area contributed by atoms with Crippen molar-refractivity contribution in [1.82, 2.24) is 5.32 Å². The number of hydrogen-bond acceptors (Lipinski definition) is 2. The summed E-state index contributed by atoms with van der Waals surface area (Å²) < 4.78 is 36.1. The molecule has 0 heterocycles. The van der Waals surface area contributed by atoms with Gasteiger partial charge in [0.2, 0.25) is 0 Å². The highest BCUT2D eigenvalue weighted by Gasteiger charge is 2.37. The maximum Gasteiger partial charge on any atom is 0.415 e. The van der Waals surface area contributed by atoms with Gasteiger partial charge in [0.25, 0.3) is 0 Å². The number of aryl methyl sites for hydroxylation is 1. The minimum atomic E-state index is -4.56. The second-order valence-corrected chi connectivity index (χ2v) is 3.81. The summed E-state index contributed by atoms with van der Waals surface area (Å²) in [5.74, 6) is 0. The molecular weight excluding hydrogens is 231 g/mol. The van der Waals surface area contributed by atoms with Crippen LogP contribution in [0.1, 0.15) is 18.1 Å². The lowest BCUT2D eigenvalue weighted by Crippen LogP contribution is -2.38. The summed E-state index contributed by atoms with van der Waals surface area (Å²) in [7, 11) is 0. The first-order valence-electron chi connectivity index (χ1n) is 5.47. The van der Waals surface area contributed by atoms with E-state index >= 15 is 0 Å². The van der Waals surface area contributed by atoms with Gasteiger partial charge in [-0.3, -0.25) is 0 Å². The van der Waals surface area contributed by atoms with Crippen molar-refractivity contribution in [2.75, 3.05) is 6.54 Å². The number of aliphatic hydroxyl groups is 1. The summed E-state index contributed by atoms with van der Waals surface area (Å²) in [6.45, 7) is 1.84. The molecule has 0 spiro atoms. The molecule has 2 nitrogen and oxygen atoms in total. The molecule has 0 aliphatic rings. The Morgan fingerprint density at radius 1 is 1.24 bits per heavy atom. The fraction of sp³-hybridized carbons (Fsp3) is 0.500. The lowest BCUT2D eigenvalue weighted by Gasteiger charge is -2.15. The van der Waals surface area contributed by atoms with E-state index in [1.54, 1.807) is 0 Å². The zero-order chi connectivity index (χ0) is 12.9. The molecule has 2 N–H and O–H groups in total. The van der Waals surface area contributed by atoms with Gasteiger partial charge in [-0.05, 0) is 17.5 Å². The van der Waals surface area contributed by atoms with Crippen molar-refractivity contribution in [3.63, 3.8) is 0 Å². The van der Waals surface area contributed by atoms with Crippen LogP contribution in [0.4, 0.5) is 13.2 Å². The highest BCUT2D eigenvalue weighted by Crippen LogP contribution is 2.19. The molecule has 0 saturated heterocycles. The average Bonchev–Trinajstić information content (AvgIpc) is 2.28. The van der Waals surface area contributed by atoms with Crippen molar-refractivity contribution in [3.05, 3.63) is 35.4 Å². The van der Waals surface area contributed by atoms with Gasteiger partial charge in [-0.2, -0.15) is 13.2 Å². The van der Waals surface area contributed by atoms with E-state index in [1.807, 2.05) is 31.2 Å². The van der Waals surface area contributed by atoms with E-state index in [4.69, 9.17) is 5.11 Å². The van der Waals surface area contributed by atoms with E-state index in [0.717, 1.165) is 17.5 Å². The summed E-state index contributed by atoms with van der Waals surface area (Å²) in [4.78, 5) is 0. The topological polar surface area (TPSA) is 32.3 Å². The van der Waals surface area contributed by atoms with Crippen LogP contribution < -0.4 is 5.32 Å². The van der Waals surface area contributed by atoms with E-state index in [0.29, 0.717) is 6.54 Å². The molecule has 1 aromatic carbocycles. The summed E-state index contributed by atoms with van der Waals surface area (Å²) in [6, 6.07) is 7.55. The predicted molar refractivity (Wildman–Crippen MR) is 59.6 cm³/mol. The summed E-state index contributed by atoms with van der Waals surface area (Å²) >= 11 is 0. The highest BCUT2D eigenvalue weighted by atomic mass is 19.4. The first-order chi connectivity index (χ1) is 7.95. The highest BCUT2D eigenvalue weighted by molar-refractivity contribution is 5.26. The molecule has 5 heteroatoms. The zero-order valence-corrected chi connectivity index (χ0v) is 9.59. The normalized spacial score (nSPS) is 13.7. The molecule has 1 aromatic rings. The third kappa shape index (κ3) is 4.36. The molecule has 96 valence electrons. The van der Waals surface area contributed by atoms with E-state index in [-0.39, 0.29) is 0 Å². The van der Waals surface area contributed by atoms with Crippen molar-refractivity contribution < 1.29 is 18.3 Å². The first-order valence-corrected chi connectivity index (χ1v) is 5.47. The summed E-state index contributed by atoms with van der Waals surface area (Å²) in [5, 5.41) is 11.4. The maximum atomic E-state index is 12.0.